The zero-order valence-electron chi connectivity index (χ0n) is 21.2. The second kappa shape index (κ2) is 11.9. The van der Waals surface area contributed by atoms with Gasteiger partial charge < -0.3 is 29.4 Å². The molecule has 8 nitrogen and oxygen atoms in total. The standard InChI is InChI=1S/C29H27BrN2O6/c1-17(2)15-36-24-11-4-18(12-26(24)34-3)28-22-10-9-21(13-25(22)38-29(32)23(28)14-31)37-27(33)16-35-20-7-5-19(30)6-8-20/h4-13,17,28H,15-16,32H2,1-3H3. The Hall–Kier alpha value is -4.16. The number of carbonyl (C=O) groups is 1. The summed E-state index contributed by atoms with van der Waals surface area (Å²) in [5, 5.41) is 9.88. The molecule has 2 N–H and O–H groups in total. The Morgan fingerprint density at radius 3 is 2.47 bits per heavy atom. The van der Waals surface area contributed by atoms with E-state index in [4.69, 9.17) is 29.4 Å². The molecule has 196 valence electrons. The highest BCUT2D eigenvalue weighted by molar-refractivity contribution is 9.10. The van der Waals surface area contributed by atoms with Crippen molar-refractivity contribution in [1.82, 2.24) is 0 Å². The number of ether oxygens (including phenoxy) is 5. The summed E-state index contributed by atoms with van der Waals surface area (Å²) in [6, 6.07) is 19.7. The van der Waals surface area contributed by atoms with Crippen LogP contribution in [0.4, 0.5) is 0 Å². The minimum absolute atomic E-state index is 0.0221. The molecule has 9 heteroatoms. The van der Waals surface area contributed by atoms with Crippen LogP contribution >= 0.6 is 15.9 Å². The highest BCUT2D eigenvalue weighted by Crippen LogP contribution is 2.45. The molecule has 0 aromatic heterocycles. The van der Waals surface area contributed by atoms with Crippen LogP contribution in [0, 0.1) is 17.2 Å². The van der Waals surface area contributed by atoms with Gasteiger partial charge in [0.15, 0.2) is 18.1 Å². The molecular formula is C29H27BrN2O6. The van der Waals surface area contributed by atoms with Gasteiger partial charge in [0.05, 0.1) is 19.6 Å². The van der Waals surface area contributed by atoms with Gasteiger partial charge in [-0.25, -0.2) is 4.79 Å². The van der Waals surface area contributed by atoms with Crippen molar-refractivity contribution >= 4 is 21.9 Å². The maximum atomic E-state index is 12.4. The largest absolute Gasteiger partial charge is 0.493 e. The second-order valence-corrected chi connectivity index (χ2v) is 9.87. The van der Waals surface area contributed by atoms with Gasteiger partial charge in [0.1, 0.15) is 28.9 Å². The van der Waals surface area contributed by atoms with E-state index in [9.17, 15) is 10.1 Å². The molecule has 0 bridgehead atoms. The molecule has 0 amide bonds. The zero-order valence-corrected chi connectivity index (χ0v) is 22.8. The van der Waals surface area contributed by atoms with Gasteiger partial charge in [0, 0.05) is 16.1 Å². The Morgan fingerprint density at radius 1 is 1.05 bits per heavy atom. The van der Waals surface area contributed by atoms with E-state index in [1.807, 2.05) is 30.3 Å². The molecule has 0 saturated heterocycles. The molecule has 1 unspecified atom stereocenters. The summed E-state index contributed by atoms with van der Waals surface area (Å²) in [4.78, 5) is 12.4. The van der Waals surface area contributed by atoms with Crippen molar-refractivity contribution < 1.29 is 28.5 Å². The van der Waals surface area contributed by atoms with Crippen LogP contribution in [0.5, 0.6) is 28.7 Å². The van der Waals surface area contributed by atoms with E-state index in [2.05, 4.69) is 35.8 Å². The van der Waals surface area contributed by atoms with Gasteiger partial charge in [0.25, 0.3) is 0 Å². The third-order valence-corrected chi connectivity index (χ3v) is 6.21. The molecule has 3 aromatic rings. The van der Waals surface area contributed by atoms with Crippen LogP contribution in [-0.2, 0) is 4.79 Å². The quantitative estimate of drug-likeness (QED) is 0.254. The first kappa shape index (κ1) is 26.9. The molecule has 1 atom stereocenters. The van der Waals surface area contributed by atoms with E-state index in [0.717, 1.165) is 10.0 Å². The number of nitriles is 1. The van der Waals surface area contributed by atoms with Gasteiger partial charge in [-0.05, 0) is 53.9 Å². The molecule has 0 saturated carbocycles. The van der Waals surface area contributed by atoms with Crippen LogP contribution in [-0.4, -0.2) is 26.3 Å². The Labute approximate surface area is 229 Å². The van der Waals surface area contributed by atoms with Gasteiger partial charge in [0.2, 0.25) is 5.88 Å². The van der Waals surface area contributed by atoms with Crippen LogP contribution in [0.1, 0.15) is 30.9 Å². The molecule has 3 aromatic carbocycles. The summed E-state index contributed by atoms with van der Waals surface area (Å²) in [7, 11) is 1.57. The lowest BCUT2D eigenvalue weighted by Gasteiger charge is -2.27. The normalized spacial score (nSPS) is 14.3. The fourth-order valence-corrected chi connectivity index (χ4v) is 4.18. The average Bonchev–Trinajstić information content (AvgIpc) is 2.90. The van der Waals surface area contributed by atoms with E-state index in [-0.39, 0.29) is 23.8 Å². The minimum Gasteiger partial charge on any atom is -0.493 e. The van der Waals surface area contributed by atoms with E-state index >= 15 is 0 Å². The number of hydrogen-bond donors (Lipinski definition) is 1. The molecule has 0 aliphatic carbocycles. The van der Waals surface area contributed by atoms with Crippen LogP contribution in [0.15, 0.2) is 76.6 Å². The number of nitrogens with zero attached hydrogens (tertiary/aromatic N) is 1. The molecular weight excluding hydrogens is 552 g/mol. The predicted octanol–water partition coefficient (Wildman–Crippen LogP) is 5.70. The topological polar surface area (TPSA) is 113 Å². The molecule has 1 heterocycles. The number of rotatable bonds is 9. The fraction of sp³-hybridized carbons (Fsp3) is 0.241. The van der Waals surface area contributed by atoms with Crippen molar-refractivity contribution in [1.29, 1.82) is 5.26 Å². The van der Waals surface area contributed by atoms with Crippen LogP contribution < -0.4 is 29.4 Å². The first-order chi connectivity index (χ1) is 18.3. The Bertz CT molecular complexity index is 1400. The number of nitrogens with two attached hydrogens (primary N) is 1. The molecule has 0 spiro atoms. The van der Waals surface area contributed by atoms with Gasteiger partial charge in [-0.2, -0.15) is 5.26 Å². The summed E-state index contributed by atoms with van der Waals surface area (Å²) in [6.45, 7) is 4.40. The number of fused-ring (bicyclic) bond motifs is 1. The zero-order chi connectivity index (χ0) is 27.2. The number of methoxy groups -OCH3 is 1. The van der Waals surface area contributed by atoms with E-state index in [0.29, 0.717) is 41.1 Å². The molecule has 4 rings (SSSR count). The Kier molecular flexibility index (Phi) is 8.44. The van der Waals surface area contributed by atoms with Crippen molar-refractivity contribution in [3.8, 4) is 34.8 Å². The highest BCUT2D eigenvalue weighted by atomic mass is 79.9. The minimum atomic E-state index is -0.580. The maximum absolute atomic E-state index is 12.4. The summed E-state index contributed by atoms with van der Waals surface area (Å²) in [5.74, 6) is 1.57. The van der Waals surface area contributed by atoms with Crippen molar-refractivity contribution in [3.05, 3.63) is 87.7 Å². The van der Waals surface area contributed by atoms with Crippen molar-refractivity contribution in [2.45, 2.75) is 19.8 Å². The first-order valence-electron chi connectivity index (χ1n) is 11.9. The number of esters is 1. The van der Waals surface area contributed by atoms with Crippen molar-refractivity contribution in [2.24, 2.45) is 11.7 Å². The smallest absolute Gasteiger partial charge is 0.349 e. The maximum Gasteiger partial charge on any atom is 0.349 e. The summed E-state index contributed by atoms with van der Waals surface area (Å²) in [5.41, 5.74) is 7.87. The van der Waals surface area contributed by atoms with Gasteiger partial charge >= 0.3 is 5.97 Å². The monoisotopic (exact) mass is 578 g/mol. The number of benzene rings is 3. The first-order valence-corrected chi connectivity index (χ1v) is 12.7. The average molecular weight is 579 g/mol. The fourth-order valence-electron chi connectivity index (χ4n) is 3.92. The highest BCUT2D eigenvalue weighted by Gasteiger charge is 2.31. The lowest BCUT2D eigenvalue weighted by Crippen LogP contribution is -2.22. The summed E-state index contributed by atoms with van der Waals surface area (Å²) in [6.07, 6.45) is 0. The van der Waals surface area contributed by atoms with Gasteiger partial charge in [-0.15, -0.1) is 0 Å². The molecule has 1 aliphatic heterocycles. The van der Waals surface area contributed by atoms with Crippen LogP contribution in [0.25, 0.3) is 0 Å². The number of carbonyl (C=O) groups excluding carboxylic acids is 1. The van der Waals surface area contributed by atoms with E-state index in [1.165, 1.54) is 0 Å². The summed E-state index contributed by atoms with van der Waals surface area (Å²) < 4.78 is 29.0. The predicted molar refractivity (Wildman–Crippen MR) is 144 cm³/mol. The van der Waals surface area contributed by atoms with E-state index in [1.54, 1.807) is 37.4 Å². The van der Waals surface area contributed by atoms with Crippen LogP contribution in [0.3, 0.4) is 0 Å². The molecule has 0 radical (unpaired) electrons. The van der Waals surface area contributed by atoms with Crippen molar-refractivity contribution in [2.75, 3.05) is 20.3 Å². The third kappa shape index (κ3) is 6.21. The Morgan fingerprint density at radius 2 is 1.79 bits per heavy atom. The summed E-state index contributed by atoms with van der Waals surface area (Å²) >= 11 is 3.35. The van der Waals surface area contributed by atoms with Crippen LogP contribution in [0.2, 0.25) is 0 Å². The molecule has 1 aliphatic rings. The molecule has 0 fully saturated rings. The number of hydrogen-bond acceptors (Lipinski definition) is 8. The number of allylic oxidation sites excluding steroid dienone is 1. The van der Waals surface area contributed by atoms with Gasteiger partial charge in [-0.1, -0.05) is 41.9 Å². The second-order valence-electron chi connectivity index (χ2n) is 8.96. The van der Waals surface area contributed by atoms with Gasteiger partial charge in [-0.3, -0.25) is 0 Å². The molecule has 38 heavy (non-hydrogen) atoms. The third-order valence-electron chi connectivity index (χ3n) is 5.69. The lowest BCUT2D eigenvalue weighted by atomic mass is 9.83. The van der Waals surface area contributed by atoms with E-state index < -0.39 is 11.9 Å². The number of halogens is 1. The lowest BCUT2D eigenvalue weighted by molar-refractivity contribution is -0.136. The SMILES string of the molecule is COc1cc(C2C(C#N)=C(N)Oc3cc(OC(=O)COc4ccc(Br)cc4)ccc32)ccc1OCC(C)C. The Balaban J connectivity index is 1.56. The van der Waals surface area contributed by atoms with Crippen molar-refractivity contribution in [3.63, 3.8) is 0 Å².